The third kappa shape index (κ3) is 7.77. The van der Waals surface area contributed by atoms with Crippen LogP contribution in [0.25, 0.3) is 33.6 Å². The SMILES string of the molecule is CCCCCc1ccc(-c2cc3cn([C@H]4C[C@H](O)[C@@H](COC(=O)[C@@H](NC(=O)OCC5c6ccccc6-c6ccccc65)C(C)C)O4)c(=O)nc3o2)cc1. The molecule has 11 nitrogen and oxygen atoms in total. The predicted molar refractivity (Wildman–Crippen MR) is 199 cm³/mol. The average Bonchev–Trinajstić information content (AvgIpc) is 3.84. The molecule has 2 aliphatic rings. The van der Waals surface area contributed by atoms with Gasteiger partial charge in [0, 0.05) is 24.1 Å². The normalized spacial score (nSPS) is 18.5. The summed E-state index contributed by atoms with van der Waals surface area (Å²) in [5.41, 5.74) is 6.16. The van der Waals surface area contributed by atoms with Gasteiger partial charge in [0.25, 0.3) is 0 Å². The van der Waals surface area contributed by atoms with Crippen molar-refractivity contribution in [3.05, 3.63) is 112 Å². The summed E-state index contributed by atoms with van der Waals surface area (Å²) in [6, 6.07) is 25.1. The number of carbonyl (C=O) groups excluding carboxylic acids is 2. The molecular weight excluding hydrogens is 674 g/mol. The van der Waals surface area contributed by atoms with Crippen molar-refractivity contribution in [3.63, 3.8) is 0 Å². The number of aromatic nitrogens is 2. The molecule has 1 amide bonds. The molecule has 1 aliphatic carbocycles. The number of nitrogens with zero attached hydrogens (tertiary/aromatic N) is 2. The van der Waals surface area contributed by atoms with Crippen molar-refractivity contribution in [2.45, 2.75) is 83.3 Å². The van der Waals surface area contributed by atoms with E-state index < -0.39 is 42.2 Å². The number of amides is 1. The molecule has 1 aliphatic heterocycles. The van der Waals surface area contributed by atoms with Crippen molar-refractivity contribution < 1.29 is 33.3 Å². The van der Waals surface area contributed by atoms with Gasteiger partial charge in [-0.05, 0) is 52.6 Å². The summed E-state index contributed by atoms with van der Waals surface area (Å²) in [6.07, 6.45) is 2.77. The molecule has 0 spiro atoms. The summed E-state index contributed by atoms with van der Waals surface area (Å²) in [7, 11) is 0. The Balaban J connectivity index is 0.943. The van der Waals surface area contributed by atoms with Crippen LogP contribution in [-0.2, 0) is 25.4 Å². The van der Waals surface area contributed by atoms with Crippen LogP contribution in [-0.4, -0.2) is 58.2 Å². The number of benzene rings is 3. The van der Waals surface area contributed by atoms with Gasteiger partial charge in [0.2, 0.25) is 5.71 Å². The number of aliphatic hydroxyl groups is 1. The van der Waals surface area contributed by atoms with Gasteiger partial charge in [-0.15, -0.1) is 0 Å². The highest BCUT2D eigenvalue weighted by Gasteiger charge is 2.38. The molecule has 0 saturated carbocycles. The lowest BCUT2D eigenvalue weighted by molar-refractivity contribution is -0.153. The van der Waals surface area contributed by atoms with E-state index >= 15 is 0 Å². The number of furan rings is 1. The van der Waals surface area contributed by atoms with E-state index in [1.54, 1.807) is 20.0 Å². The predicted octanol–water partition coefficient (Wildman–Crippen LogP) is 7.14. The van der Waals surface area contributed by atoms with Crippen LogP contribution in [0.5, 0.6) is 0 Å². The molecule has 3 aromatic carbocycles. The Morgan fingerprint density at radius 2 is 1.66 bits per heavy atom. The second-order valence-corrected chi connectivity index (χ2v) is 14.2. The Hall–Kier alpha value is -5.26. The van der Waals surface area contributed by atoms with Crippen LogP contribution in [0.4, 0.5) is 4.79 Å². The van der Waals surface area contributed by atoms with Crippen LogP contribution in [0.3, 0.4) is 0 Å². The lowest BCUT2D eigenvalue weighted by Crippen LogP contribution is -2.46. The fraction of sp³-hybridized carbons (Fsp3) is 0.381. The van der Waals surface area contributed by atoms with Crippen LogP contribution in [0, 0.1) is 5.92 Å². The molecule has 0 radical (unpaired) electrons. The molecule has 4 atom stereocenters. The van der Waals surface area contributed by atoms with Gasteiger partial charge in [0.05, 0.1) is 11.5 Å². The topological polar surface area (TPSA) is 142 Å². The average molecular weight is 720 g/mol. The van der Waals surface area contributed by atoms with Crippen molar-refractivity contribution in [3.8, 4) is 22.5 Å². The zero-order valence-electron chi connectivity index (χ0n) is 30.2. The number of alkyl carbamates (subject to hydrolysis) is 1. The molecule has 3 heterocycles. The first kappa shape index (κ1) is 36.1. The minimum atomic E-state index is -1.02. The van der Waals surface area contributed by atoms with E-state index in [1.807, 2.05) is 54.6 Å². The van der Waals surface area contributed by atoms with Gasteiger partial charge in [-0.3, -0.25) is 4.57 Å². The molecular formula is C42H45N3O8. The van der Waals surface area contributed by atoms with E-state index in [2.05, 4.69) is 41.5 Å². The van der Waals surface area contributed by atoms with Gasteiger partial charge in [-0.1, -0.05) is 106 Å². The van der Waals surface area contributed by atoms with Crippen LogP contribution in [0.2, 0.25) is 0 Å². The molecule has 2 aromatic heterocycles. The first-order valence-electron chi connectivity index (χ1n) is 18.4. The quantitative estimate of drug-likeness (QED) is 0.0959. The number of ether oxygens (including phenoxy) is 3. The molecule has 0 bridgehead atoms. The zero-order valence-corrected chi connectivity index (χ0v) is 30.2. The second kappa shape index (κ2) is 15.8. The first-order valence-corrected chi connectivity index (χ1v) is 18.4. The molecule has 0 unspecified atom stereocenters. The number of fused-ring (bicyclic) bond motifs is 4. The number of unbranched alkanes of at least 4 members (excludes halogenated alkanes) is 2. The number of carbonyl (C=O) groups is 2. The van der Waals surface area contributed by atoms with E-state index in [-0.39, 0.29) is 37.2 Å². The van der Waals surface area contributed by atoms with Crippen LogP contribution >= 0.6 is 0 Å². The Morgan fingerprint density at radius 3 is 2.34 bits per heavy atom. The summed E-state index contributed by atoms with van der Waals surface area (Å²) in [4.78, 5) is 43.4. The van der Waals surface area contributed by atoms with Crippen molar-refractivity contribution >= 4 is 23.2 Å². The summed E-state index contributed by atoms with van der Waals surface area (Å²) >= 11 is 0. The van der Waals surface area contributed by atoms with Crippen LogP contribution in [0.1, 0.15) is 75.3 Å². The number of hydrogen-bond acceptors (Lipinski definition) is 9. The molecule has 7 rings (SSSR count). The molecule has 53 heavy (non-hydrogen) atoms. The largest absolute Gasteiger partial charge is 0.461 e. The number of aryl methyl sites for hydroxylation is 1. The molecule has 276 valence electrons. The molecule has 11 heteroatoms. The highest BCUT2D eigenvalue weighted by Crippen LogP contribution is 2.44. The highest BCUT2D eigenvalue weighted by atomic mass is 16.6. The van der Waals surface area contributed by atoms with Crippen molar-refractivity contribution in [2.75, 3.05) is 13.2 Å². The fourth-order valence-corrected chi connectivity index (χ4v) is 7.24. The lowest BCUT2D eigenvalue weighted by Gasteiger charge is -2.23. The van der Waals surface area contributed by atoms with Crippen molar-refractivity contribution in [1.82, 2.24) is 14.9 Å². The van der Waals surface area contributed by atoms with E-state index in [9.17, 15) is 19.5 Å². The van der Waals surface area contributed by atoms with Crippen LogP contribution in [0.15, 0.2) is 94.3 Å². The molecule has 5 aromatic rings. The summed E-state index contributed by atoms with van der Waals surface area (Å²) in [5.74, 6) is -0.533. The number of hydrogen-bond donors (Lipinski definition) is 2. The maximum absolute atomic E-state index is 13.2. The van der Waals surface area contributed by atoms with Crippen molar-refractivity contribution in [1.29, 1.82) is 0 Å². The van der Waals surface area contributed by atoms with Crippen molar-refractivity contribution in [2.24, 2.45) is 5.92 Å². The monoisotopic (exact) mass is 719 g/mol. The Labute approximate surface area is 307 Å². The minimum absolute atomic E-state index is 0.0884. The van der Waals surface area contributed by atoms with Gasteiger partial charge in [-0.25, -0.2) is 14.4 Å². The third-order valence-corrected chi connectivity index (χ3v) is 10.2. The summed E-state index contributed by atoms with van der Waals surface area (Å²) < 4.78 is 24.5. The number of rotatable bonds is 13. The number of nitrogens with one attached hydrogen (secondary N) is 1. The van der Waals surface area contributed by atoms with E-state index in [1.165, 1.54) is 23.0 Å². The van der Waals surface area contributed by atoms with Crippen LogP contribution < -0.4 is 11.0 Å². The minimum Gasteiger partial charge on any atom is -0.461 e. The maximum Gasteiger partial charge on any atom is 0.407 e. The first-order chi connectivity index (χ1) is 25.7. The number of aliphatic hydroxyl groups excluding tert-OH is 1. The fourth-order valence-electron chi connectivity index (χ4n) is 7.24. The zero-order chi connectivity index (χ0) is 37.1. The number of esters is 1. The van der Waals surface area contributed by atoms with E-state index in [0.717, 1.165) is 40.7 Å². The maximum atomic E-state index is 13.2. The Kier molecular flexibility index (Phi) is 10.7. The van der Waals surface area contributed by atoms with Gasteiger partial charge in [0.1, 0.15) is 37.3 Å². The van der Waals surface area contributed by atoms with Gasteiger partial charge >= 0.3 is 17.8 Å². The van der Waals surface area contributed by atoms with Gasteiger partial charge in [-0.2, -0.15) is 4.98 Å². The Bertz CT molecular complexity index is 2090. The third-order valence-electron chi connectivity index (χ3n) is 10.2. The smallest absolute Gasteiger partial charge is 0.407 e. The standard InChI is InChI=1S/C42H45N3O8/c1-4-5-6-11-26-16-18-27(19-17-26)35-20-28-22-45(41(48)44-39(28)53-35)37-21-34(46)36(52-37)24-50-40(47)38(25(2)3)43-42(49)51-23-33-31-14-9-7-12-29(31)30-13-8-10-15-32(30)33/h7-10,12-20,22,25,33-34,36-38,46H,4-6,11,21,23-24H2,1-3H3,(H,43,49)/t34-,36+,37+,38-/m0/s1. The summed E-state index contributed by atoms with van der Waals surface area (Å²) in [5, 5.41) is 14.1. The molecule has 1 fully saturated rings. The Morgan fingerprint density at radius 1 is 0.962 bits per heavy atom. The molecule has 2 N–H and O–H groups in total. The highest BCUT2D eigenvalue weighted by molar-refractivity contribution is 5.82. The lowest BCUT2D eigenvalue weighted by atomic mass is 9.98. The van der Waals surface area contributed by atoms with Gasteiger partial charge in [0.15, 0.2) is 0 Å². The summed E-state index contributed by atoms with van der Waals surface area (Å²) in [6.45, 7) is 5.59. The molecule has 1 saturated heterocycles. The second-order valence-electron chi connectivity index (χ2n) is 14.2. The van der Waals surface area contributed by atoms with E-state index in [0.29, 0.717) is 11.1 Å². The van der Waals surface area contributed by atoms with Gasteiger partial charge < -0.3 is 29.1 Å². The van der Waals surface area contributed by atoms with E-state index in [4.69, 9.17) is 18.6 Å².